The standard InChI is InChI=1S/C30H31N5O4/c1-38-24-15-13-22(14-16-24)28-33-27(39-34-28)20-35-17-7-10-23(19-35)29(36)32-26-12-6-5-11-25(26)30(37)31-18-21-8-3-2-4-9-21/h2-6,8-9,11-16,23H,7,10,17-20H2,1H3,(H,31,37)(H,32,36). The topological polar surface area (TPSA) is 110 Å². The second kappa shape index (κ2) is 12.4. The van der Waals surface area contributed by atoms with Gasteiger partial charge in [0.2, 0.25) is 17.6 Å². The van der Waals surface area contributed by atoms with Gasteiger partial charge in [-0.25, -0.2) is 0 Å². The van der Waals surface area contributed by atoms with Crippen LogP contribution in [0.5, 0.6) is 5.75 Å². The predicted octanol–water partition coefficient (Wildman–Crippen LogP) is 4.53. The minimum atomic E-state index is -0.232. The summed E-state index contributed by atoms with van der Waals surface area (Å²) in [6.45, 7) is 2.28. The Balaban J connectivity index is 1.18. The van der Waals surface area contributed by atoms with Crippen LogP contribution in [0, 0.1) is 5.92 Å². The fourth-order valence-corrected chi connectivity index (χ4v) is 4.68. The van der Waals surface area contributed by atoms with E-state index in [9.17, 15) is 9.59 Å². The maximum atomic E-state index is 13.2. The molecule has 9 heteroatoms. The lowest BCUT2D eigenvalue weighted by Crippen LogP contribution is -2.40. The van der Waals surface area contributed by atoms with Crippen molar-refractivity contribution in [2.75, 3.05) is 25.5 Å². The zero-order valence-electron chi connectivity index (χ0n) is 21.8. The van der Waals surface area contributed by atoms with Crippen molar-refractivity contribution in [1.82, 2.24) is 20.4 Å². The summed E-state index contributed by atoms with van der Waals surface area (Å²) in [5.74, 6) is 1.22. The molecule has 1 saturated heterocycles. The third kappa shape index (κ3) is 6.69. The number of carbonyl (C=O) groups is 2. The van der Waals surface area contributed by atoms with Gasteiger partial charge in [-0.15, -0.1) is 0 Å². The van der Waals surface area contributed by atoms with E-state index in [-0.39, 0.29) is 17.7 Å². The van der Waals surface area contributed by atoms with E-state index in [1.54, 1.807) is 25.3 Å². The number of methoxy groups -OCH3 is 1. The van der Waals surface area contributed by atoms with Crippen LogP contribution in [0.15, 0.2) is 83.4 Å². The van der Waals surface area contributed by atoms with Crippen molar-refractivity contribution in [2.45, 2.75) is 25.9 Å². The van der Waals surface area contributed by atoms with Gasteiger partial charge in [-0.05, 0) is 61.3 Å². The monoisotopic (exact) mass is 525 g/mol. The number of likely N-dealkylation sites (tertiary alicyclic amines) is 1. The Morgan fingerprint density at radius 3 is 2.59 bits per heavy atom. The molecular weight excluding hydrogens is 494 g/mol. The number of para-hydroxylation sites is 1. The molecule has 0 saturated carbocycles. The van der Waals surface area contributed by atoms with Gasteiger partial charge in [-0.3, -0.25) is 14.5 Å². The molecule has 39 heavy (non-hydrogen) atoms. The summed E-state index contributed by atoms with van der Waals surface area (Å²) in [4.78, 5) is 32.8. The lowest BCUT2D eigenvalue weighted by Gasteiger charge is -2.31. The molecule has 1 aromatic heterocycles. The van der Waals surface area contributed by atoms with Gasteiger partial charge in [-0.1, -0.05) is 47.6 Å². The van der Waals surface area contributed by atoms with Gasteiger partial charge in [-0.2, -0.15) is 4.98 Å². The number of hydrogen-bond donors (Lipinski definition) is 2. The van der Waals surface area contributed by atoms with Crippen LogP contribution in [-0.4, -0.2) is 47.1 Å². The Labute approximate surface area is 227 Å². The van der Waals surface area contributed by atoms with Crippen LogP contribution >= 0.6 is 0 Å². The number of ether oxygens (including phenoxy) is 1. The van der Waals surface area contributed by atoms with E-state index in [1.165, 1.54) is 0 Å². The van der Waals surface area contributed by atoms with Gasteiger partial charge in [0.1, 0.15) is 5.75 Å². The van der Waals surface area contributed by atoms with Crippen LogP contribution in [0.3, 0.4) is 0 Å². The molecule has 4 aromatic rings. The quantitative estimate of drug-likeness (QED) is 0.331. The highest BCUT2D eigenvalue weighted by Crippen LogP contribution is 2.24. The number of aromatic nitrogens is 2. The Morgan fingerprint density at radius 2 is 1.79 bits per heavy atom. The van der Waals surface area contributed by atoms with Gasteiger partial charge >= 0.3 is 0 Å². The molecule has 1 unspecified atom stereocenters. The van der Waals surface area contributed by atoms with Crippen LogP contribution in [0.25, 0.3) is 11.4 Å². The maximum absolute atomic E-state index is 13.2. The van der Waals surface area contributed by atoms with Crippen molar-refractivity contribution in [3.8, 4) is 17.1 Å². The molecule has 2 heterocycles. The zero-order valence-corrected chi connectivity index (χ0v) is 21.8. The molecule has 0 aliphatic carbocycles. The molecule has 1 aliphatic heterocycles. The maximum Gasteiger partial charge on any atom is 0.253 e. The first kappa shape index (κ1) is 26.1. The van der Waals surface area contributed by atoms with E-state index in [2.05, 4.69) is 25.7 Å². The molecule has 1 aliphatic rings. The number of benzene rings is 3. The molecule has 0 bridgehead atoms. The molecule has 2 amide bonds. The summed E-state index contributed by atoms with van der Waals surface area (Å²) >= 11 is 0. The van der Waals surface area contributed by atoms with Gasteiger partial charge in [0, 0.05) is 18.7 Å². The van der Waals surface area contributed by atoms with Crippen molar-refractivity contribution in [3.63, 3.8) is 0 Å². The number of hydrogen-bond acceptors (Lipinski definition) is 7. The molecule has 200 valence electrons. The number of piperidine rings is 1. The summed E-state index contributed by atoms with van der Waals surface area (Å²) in [5, 5.41) is 10.0. The number of nitrogens with zero attached hydrogens (tertiary/aromatic N) is 3. The molecule has 5 rings (SSSR count). The van der Waals surface area contributed by atoms with Crippen LogP contribution < -0.4 is 15.4 Å². The molecule has 1 fully saturated rings. The van der Waals surface area contributed by atoms with E-state index < -0.39 is 0 Å². The van der Waals surface area contributed by atoms with Crippen LogP contribution in [0.4, 0.5) is 5.69 Å². The Bertz CT molecular complexity index is 1400. The van der Waals surface area contributed by atoms with E-state index in [0.717, 1.165) is 36.3 Å². The highest BCUT2D eigenvalue weighted by molar-refractivity contribution is 6.04. The van der Waals surface area contributed by atoms with Crippen LogP contribution in [-0.2, 0) is 17.9 Å². The largest absolute Gasteiger partial charge is 0.497 e. The fraction of sp³-hybridized carbons (Fsp3) is 0.267. The molecule has 0 spiro atoms. The second-order valence-electron chi connectivity index (χ2n) is 9.52. The number of rotatable bonds is 9. The SMILES string of the molecule is COc1ccc(-c2noc(CN3CCCC(C(=O)Nc4ccccc4C(=O)NCc4ccccc4)C3)n2)cc1. The summed E-state index contributed by atoms with van der Waals surface area (Å²) < 4.78 is 10.7. The third-order valence-corrected chi connectivity index (χ3v) is 6.78. The molecule has 0 radical (unpaired) electrons. The normalized spacial score (nSPS) is 15.5. The van der Waals surface area contributed by atoms with E-state index in [1.807, 2.05) is 60.7 Å². The Morgan fingerprint density at radius 1 is 1.03 bits per heavy atom. The fourth-order valence-electron chi connectivity index (χ4n) is 4.68. The molecular formula is C30H31N5O4. The first-order valence-electron chi connectivity index (χ1n) is 13.0. The van der Waals surface area contributed by atoms with Gasteiger partial charge < -0.3 is 19.9 Å². The van der Waals surface area contributed by atoms with E-state index in [4.69, 9.17) is 9.26 Å². The predicted molar refractivity (Wildman–Crippen MR) is 147 cm³/mol. The van der Waals surface area contributed by atoms with Crippen molar-refractivity contribution < 1.29 is 18.8 Å². The number of nitrogens with one attached hydrogen (secondary N) is 2. The summed E-state index contributed by atoms with van der Waals surface area (Å²) in [5.41, 5.74) is 2.79. The first-order chi connectivity index (χ1) is 19.1. The van der Waals surface area contributed by atoms with E-state index >= 15 is 0 Å². The highest BCUT2D eigenvalue weighted by atomic mass is 16.5. The number of amides is 2. The van der Waals surface area contributed by atoms with Crippen molar-refractivity contribution in [1.29, 1.82) is 0 Å². The molecule has 1 atom stereocenters. The second-order valence-corrected chi connectivity index (χ2v) is 9.52. The first-order valence-corrected chi connectivity index (χ1v) is 13.0. The highest BCUT2D eigenvalue weighted by Gasteiger charge is 2.28. The minimum absolute atomic E-state index is 0.104. The van der Waals surface area contributed by atoms with Gasteiger partial charge in [0.15, 0.2) is 0 Å². The van der Waals surface area contributed by atoms with Gasteiger partial charge in [0.25, 0.3) is 5.91 Å². The number of carbonyl (C=O) groups excluding carboxylic acids is 2. The average Bonchev–Trinajstić information content (AvgIpc) is 3.45. The lowest BCUT2D eigenvalue weighted by atomic mass is 9.96. The summed E-state index contributed by atoms with van der Waals surface area (Å²) in [6.07, 6.45) is 1.64. The molecule has 2 N–H and O–H groups in total. The molecule has 9 nitrogen and oxygen atoms in total. The minimum Gasteiger partial charge on any atom is -0.497 e. The van der Waals surface area contributed by atoms with Crippen molar-refractivity contribution in [2.24, 2.45) is 5.92 Å². The Kier molecular flexibility index (Phi) is 8.28. The van der Waals surface area contributed by atoms with Crippen LogP contribution in [0.1, 0.15) is 34.7 Å². The smallest absolute Gasteiger partial charge is 0.253 e. The number of anilines is 1. The van der Waals surface area contributed by atoms with Gasteiger partial charge in [0.05, 0.1) is 30.8 Å². The zero-order chi connectivity index (χ0) is 27.0. The summed E-state index contributed by atoms with van der Waals surface area (Å²) in [7, 11) is 1.62. The average molecular weight is 526 g/mol. The molecule has 3 aromatic carbocycles. The Hall–Kier alpha value is -4.50. The van der Waals surface area contributed by atoms with Crippen molar-refractivity contribution >= 4 is 17.5 Å². The lowest BCUT2D eigenvalue weighted by molar-refractivity contribution is -0.121. The van der Waals surface area contributed by atoms with Crippen molar-refractivity contribution in [3.05, 3.63) is 95.9 Å². The summed E-state index contributed by atoms with van der Waals surface area (Å²) in [6, 6.07) is 24.3. The van der Waals surface area contributed by atoms with Crippen LogP contribution in [0.2, 0.25) is 0 Å². The third-order valence-electron chi connectivity index (χ3n) is 6.78. The van der Waals surface area contributed by atoms with E-state index in [0.29, 0.717) is 42.6 Å².